The van der Waals surface area contributed by atoms with Gasteiger partial charge in [0.15, 0.2) is 5.13 Å². The number of anilines is 3. The quantitative estimate of drug-likeness (QED) is 0.364. The lowest BCUT2D eigenvalue weighted by Gasteiger charge is -2.31. The average molecular weight is 460 g/mol. The summed E-state index contributed by atoms with van der Waals surface area (Å²) in [6, 6.07) is 6.53. The van der Waals surface area contributed by atoms with E-state index in [1.165, 1.54) is 10.6 Å². The summed E-state index contributed by atoms with van der Waals surface area (Å²) in [6.45, 7) is 21.0. The largest absolute Gasteiger partial charge is 0.463 e. The molecule has 1 N–H and O–H groups in total. The van der Waals surface area contributed by atoms with Crippen molar-refractivity contribution in [1.82, 2.24) is 4.98 Å². The molecule has 0 aliphatic rings. The number of carbonyl (C=O) groups excluding carboxylic acids is 1. The van der Waals surface area contributed by atoms with Crippen molar-refractivity contribution >= 4 is 33.8 Å². The molecule has 1 heterocycles. The number of carbonyl (C=O) groups is 1. The monoisotopic (exact) mass is 459 g/mol. The number of nitrogens with one attached hydrogen (secondary N) is 1. The fourth-order valence-corrected chi connectivity index (χ4v) is 4.54. The van der Waals surface area contributed by atoms with Crippen molar-refractivity contribution in [2.24, 2.45) is 11.8 Å². The highest BCUT2D eigenvalue weighted by Crippen LogP contribution is 2.35. The van der Waals surface area contributed by atoms with Crippen LogP contribution in [0, 0.1) is 25.7 Å². The fourth-order valence-electron chi connectivity index (χ4n) is 3.71. The molecule has 1 aromatic carbocycles. The Morgan fingerprint density at radius 2 is 1.69 bits per heavy atom. The SMILES string of the molecule is Cc1nc(Nc2cc(C(C)CC(=O)OC(C)C)ccc2N(CC(C)C)CC(C)C)sc1C. The number of ether oxygens (including phenoxy) is 1. The molecular weight excluding hydrogens is 418 g/mol. The molecule has 32 heavy (non-hydrogen) atoms. The third-order valence-corrected chi connectivity index (χ3v) is 6.20. The number of benzene rings is 1. The minimum atomic E-state index is -0.154. The molecule has 6 heteroatoms. The summed E-state index contributed by atoms with van der Waals surface area (Å²) in [5.74, 6) is 1.02. The van der Waals surface area contributed by atoms with Gasteiger partial charge in [0.05, 0.1) is 29.6 Å². The lowest BCUT2D eigenvalue weighted by Crippen LogP contribution is -2.31. The Bertz CT molecular complexity index is 860. The van der Waals surface area contributed by atoms with Crippen molar-refractivity contribution in [2.45, 2.75) is 80.8 Å². The van der Waals surface area contributed by atoms with E-state index in [2.05, 4.69) is 70.0 Å². The fraction of sp³-hybridized carbons (Fsp3) is 0.615. The Morgan fingerprint density at radius 3 is 2.19 bits per heavy atom. The molecule has 2 aromatic rings. The zero-order chi connectivity index (χ0) is 24.0. The van der Waals surface area contributed by atoms with Crippen LogP contribution in [0.2, 0.25) is 0 Å². The second-order valence-corrected chi connectivity index (χ2v) is 11.1. The Hall–Kier alpha value is -2.08. The zero-order valence-electron chi connectivity index (χ0n) is 21.3. The summed E-state index contributed by atoms with van der Waals surface area (Å²) >= 11 is 1.67. The van der Waals surface area contributed by atoms with Crippen molar-refractivity contribution in [3.8, 4) is 0 Å². The molecule has 0 saturated heterocycles. The maximum absolute atomic E-state index is 12.2. The number of aromatic nitrogens is 1. The number of esters is 1. The van der Waals surface area contributed by atoms with E-state index in [1.807, 2.05) is 20.8 Å². The first-order valence-corrected chi connectivity index (χ1v) is 12.6. The van der Waals surface area contributed by atoms with Gasteiger partial charge >= 0.3 is 5.97 Å². The van der Waals surface area contributed by atoms with E-state index in [4.69, 9.17) is 9.72 Å². The zero-order valence-corrected chi connectivity index (χ0v) is 22.1. The molecular formula is C26H41N3O2S. The molecule has 1 aromatic heterocycles. The minimum absolute atomic E-state index is 0.0688. The Balaban J connectivity index is 2.41. The summed E-state index contributed by atoms with van der Waals surface area (Å²) in [6.07, 6.45) is 0.278. The Labute approximate surface area is 198 Å². The number of nitrogens with zero attached hydrogens (tertiary/aromatic N) is 2. The highest BCUT2D eigenvalue weighted by molar-refractivity contribution is 7.15. The molecule has 0 fully saturated rings. The number of hydrogen-bond donors (Lipinski definition) is 1. The van der Waals surface area contributed by atoms with E-state index in [9.17, 15) is 4.79 Å². The van der Waals surface area contributed by atoms with Crippen LogP contribution in [0.15, 0.2) is 18.2 Å². The predicted octanol–water partition coefficient (Wildman–Crippen LogP) is 7.07. The van der Waals surface area contributed by atoms with Crippen LogP contribution in [0.5, 0.6) is 0 Å². The molecule has 0 spiro atoms. The normalized spacial score (nSPS) is 12.5. The second kappa shape index (κ2) is 11.7. The molecule has 1 atom stereocenters. The Kier molecular flexibility index (Phi) is 9.56. The molecule has 0 aliphatic carbocycles. The lowest BCUT2D eigenvalue weighted by atomic mass is 9.96. The van der Waals surface area contributed by atoms with Gasteiger partial charge < -0.3 is 15.0 Å². The first-order chi connectivity index (χ1) is 15.0. The molecule has 0 bridgehead atoms. The maximum atomic E-state index is 12.2. The van der Waals surface area contributed by atoms with E-state index in [0.717, 1.165) is 35.2 Å². The van der Waals surface area contributed by atoms with Crippen LogP contribution in [0.25, 0.3) is 0 Å². The number of hydrogen-bond acceptors (Lipinski definition) is 6. The highest BCUT2D eigenvalue weighted by atomic mass is 32.1. The van der Waals surface area contributed by atoms with E-state index in [1.54, 1.807) is 11.3 Å². The van der Waals surface area contributed by atoms with E-state index < -0.39 is 0 Å². The minimum Gasteiger partial charge on any atom is -0.463 e. The van der Waals surface area contributed by atoms with Crippen molar-refractivity contribution in [3.63, 3.8) is 0 Å². The van der Waals surface area contributed by atoms with Crippen molar-refractivity contribution in [3.05, 3.63) is 34.3 Å². The highest BCUT2D eigenvalue weighted by Gasteiger charge is 2.19. The molecule has 1 unspecified atom stereocenters. The van der Waals surface area contributed by atoms with Gasteiger partial charge in [-0.1, -0.05) is 40.7 Å². The number of rotatable bonds is 11. The van der Waals surface area contributed by atoms with Gasteiger partial charge in [0.25, 0.3) is 0 Å². The van der Waals surface area contributed by atoms with Gasteiger partial charge in [-0.3, -0.25) is 4.79 Å². The van der Waals surface area contributed by atoms with Crippen LogP contribution in [0.1, 0.15) is 76.9 Å². The van der Waals surface area contributed by atoms with Crippen molar-refractivity contribution in [2.75, 3.05) is 23.3 Å². The third kappa shape index (κ3) is 7.80. The third-order valence-electron chi connectivity index (χ3n) is 5.21. The predicted molar refractivity (Wildman–Crippen MR) is 137 cm³/mol. The molecule has 178 valence electrons. The van der Waals surface area contributed by atoms with Gasteiger partial charge in [-0.2, -0.15) is 0 Å². The smallest absolute Gasteiger partial charge is 0.306 e. The molecule has 2 rings (SSSR count). The van der Waals surface area contributed by atoms with Crippen LogP contribution < -0.4 is 10.2 Å². The summed E-state index contributed by atoms with van der Waals surface area (Å²) in [5.41, 5.74) is 4.40. The van der Waals surface area contributed by atoms with Crippen LogP contribution in [-0.2, 0) is 9.53 Å². The standard InChI is InChI=1S/C26H41N3O2S/c1-16(2)14-29(15-17(3)4)24-11-10-22(19(7)12-25(30)31-18(5)6)13-23(24)28-26-27-20(8)21(9)32-26/h10-11,13,16-19H,12,14-15H2,1-9H3,(H,27,28). The number of thiazole rings is 1. The maximum Gasteiger partial charge on any atom is 0.306 e. The number of aryl methyl sites for hydroxylation is 2. The van der Waals surface area contributed by atoms with Crippen molar-refractivity contribution < 1.29 is 9.53 Å². The summed E-state index contributed by atoms with van der Waals surface area (Å²) in [5, 5.41) is 4.49. The van der Waals surface area contributed by atoms with Gasteiger partial charge in [0, 0.05) is 18.0 Å². The van der Waals surface area contributed by atoms with Gasteiger partial charge in [-0.05, 0) is 63.1 Å². The van der Waals surface area contributed by atoms with Crippen LogP contribution in [0.3, 0.4) is 0 Å². The van der Waals surface area contributed by atoms with Crippen LogP contribution in [0.4, 0.5) is 16.5 Å². The van der Waals surface area contributed by atoms with Gasteiger partial charge in [-0.25, -0.2) is 4.98 Å². The summed E-state index contributed by atoms with van der Waals surface area (Å²) in [7, 11) is 0. The van der Waals surface area contributed by atoms with Gasteiger partial charge in [-0.15, -0.1) is 11.3 Å². The molecule has 0 aliphatic heterocycles. The summed E-state index contributed by atoms with van der Waals surface area (Å²) in [4.78, 5) is 20.6. The van der Waals surface area contributed by atoms with E-state index in [-0.39, 0.29) is 18.0 Å². The molecule has 0 radical (unpaired) electrons. The molecule has 0 amide bonds. The van der Waals surface area contributed by atoms with Crippen LogP contribution >= 0.6 is 11.3 Å². The average Bonchev–Trinajstić information content (AvgIpc) is 2.96. The van der Waals surface area contributed by atoms with E-state index in [0.29, 0.717) is 18.3 Å². The van der Waals surface area contributed by atoms with Crippen molar-refractivity contribution in [1.29, 1.82) is 0 Å². The second-order valence-electron chi connectivity index (χ2n) is 9.90. The van der Waals surface area contributed by atoms with Crippen LogP contribution in [-0.4, -0.2) is 30.1 Å². The molecule has 5 nitrogen and oxygen atoms in total. The first kappa shape index (κ1) is 26.2. The van der Waals surface area contributed by atoms with Gasteiger partial charge in [0.1, 0.15) is 0 Å². The lowest BCUT2D eigenvalue weighted by molar-refractivity contribution is -0.147. The molecule has 0 saturated carbocycles. The summed E-state index contributed by atoms with van der Waals surface area (Å²) < 4.78 is 5.36. The Morgan fingerprint density at radius 1 is 1.06 bits per heavy atom. The van der Waals surface area contributed by atoms with Gasteiger partial charge in [0.2, 0.25) is 0 Å². The topological polar surface area (TPSA) is 54.5 Å². The van der Waals surface area contributed by atoms with E-state index >= 15 is 0 Å². The first-order valence-electron chi connectivity index (χ1n) is 11.8.